The Balaban J connectivity index is 1.42. The van der Waals surface area contributed by atoms with Crippen LogP contribution in [0, 0.1) is 0 Å². The molecule has 0 aliphatic carbocycles. The first kappa shape index (κ1) is 20.5. The molecule has 7 nitrogen and oxygen atoms in total. The minimum absolute atomic E-state index is 0.0534. The summed E-state index contributed by atoms with van der Waals surface area (Å²) in [5, 5.41) is 9.35. The monoisotopic (exact) mass is 396 g/mol. The van der Waals surface area contributed by atoms with E-state index in [-0.39, 0.29) is 12.0 Å². The number of methoxy groups -OCH3 is 1. The van der Waals surface area contributed by atoms with Crippen molar-refractivity contribution in [3.8, 4) is 11.5 Å². The Labute approximate surface area is 171 Å². The molecule has 1 heterocycles. The van der Waals surface area contributed by atoms with Crippen LogP contribution < -0.4 is 25.4 Å². The molecule has 0 radical (unpaired) electrons. The van der Waals surface area contributed by atoms with Crippen LogP contribution in [0.4, 0.5) is 0 Å². The minimum atomic E-state index is -0.117. The maximum Gasteiger partial charge on any atom is 0.251 e. The molecule has 0 saturated heterocycles. The fourth-order valence-electron chi connectivity index (χ4n) is 3.09. The minimum Gasteiger partial charge on any atom is -0.497 e. The molecule has 1 atom stereocenters. The molecule has 0 bridgehead atoms. The number of carbonyl (C=O) groups is 1. The third-order valence-corrected chi connectivity index (χ3v) is 4.57. The lowest BCUT2D eigenvalue weighted by Crippen LogP contribution is -2.42. The standard InChI is InChI=1S/C22H28N4O3/c1-3-23-22(26-15-19-14-17-6-4-5-7-20(17)29-19)25-13-12-24-21(27)16-8-10-18(28-2)11-9-16/h4-11,19H,3,12-15H2,1-2H3,(H,24,27)(H2,23,25,26). The van der Waals surface area contributed by atoms with Gasteiger partial charge in [-0.1, -0.05) is 18.2 Å². The summed E-state index contributed by atoms with van der Waals surface area (Å²) in [7, 11) is 1.60. The number of guanidine groups is 1. The zero-order chi connectivity index (χ0) is 20.5. The van der Waals surface area contributed by atoms with E-state index in [1.54, 1.807) is 31.4 Å². The number of nitrogens with zero attached hydrogens (tertiary/aromatic N) is 1. The summed E-state index contributed by atoms with van der Waals surface area (Å²) in [6.07, 6.45) is 0.925. The summed E-state index contributed by atoms with van der Waals surface area (Å²) in [5.74, 6) is 2.27. The molecule has 1 amide bonds. The lowest BCUT2D eigenvalue weighted by atomic mass is 10.1. The average Bonchev–Trinajstić information content (AvgIpc) is 3.18. The summed E-state index contributed by atoms with van der Waals surface area (Å²) >= 11 is 0. The van der Waals surface area contributed by atoms with Crippen LogP contribution >= 0.6 is 0 Å². The first-order valence-electron chi connectivity index (χ1n) is 9.88. The van der Waals surface area contributed by atoms with Gasteiger partial charge < -0.3 is 25.4 Å². The molecule has 7 heteroatoms. The quantitative estimate of drug-likeness (QED) is 0.361. The van der Waals surface area contributed by atoms with Crippen molar-refractivity contribution in [2.24, 2.45) is 4.99 Å². The van der Waals surface area contributed by atoms with Gasteiger partial charge in [-0.05, 0) is 42.8 Å². The third-order valence-electron chi connectivity index (χ3n) is 4.57. The maximum absolute atomic E-state index is 12.2. The van der Waals surface area contributed by atoms with Gasteiger partial charge in [0.15, 0.2) is 5.96 Å². The molecule has 3 N–H and O–H groups in total. The predicted molar refractivity (Wildman–Crippen MR) is 114 cm³/mol. The largest absolute Gasteiger partial charge is 0.497 e. The number of nitrogens with one attached hydrogen (secondary N) is 3. The Bertz CT molecular complexity index is 811. The van der Waals surface area contributed by atoms with Crippen LogP contribution in [0.2, 0.25) is 0 Å². The number of benzene rings is 2. The first-order valence-corrected chi connectivity index (χ1v) is 9.88. The van der Waals surface area contributed by atoms with E-state index in [0.717, 1.165) is 24.5 Å². The second-order valence-corrected chi connectivity index (χ2v) is 6.68. The van der Waals surface area contributed by atoms with E-state index in [9.17, 15) is 4.79 Å². The number of rotatable bonds is 8. The van der Waals surface area contributed by atoms with Crippen molar-refractivity contribution in [3.63, 3.8) is 0 Å². The molecule has 1 unspecified atom stereocenters. The van der Waals surface area contributed by atoms with Gasteiger partial charge in [0.2, 0.25) is 0 Å². The van der Waals surface area contributed by atoms with Crippen molar-refractivity contribution in [1.82, 2.24) is 16.0 Å². The summed E-state index contributed by atoms with van der Waals surface area (Å²) in [5.41, 5.74) is 1.83. The number of aliphatic imine (C=N–C) groups is 1. The predicted octanol–water partition coefficient (Wildman–Crippen LogP) is 1.98. The molecule has 0 aromatic heterocycles. The van der Waals surface area contributed by atoms with Gasteiger partial charge in [0.1, 0.15) is 17.6 Å². The van der Waals surface area contributed by atoms with Gasteiger partial charge in [0.05, 0.1) is 13.7 Å². The second kappa shape index (κ2) is 10.4. The van der Waals surface area contributed by atoms with Crippen LogP contribution in [0.15, 0.2) is 53.5 Å². The molecule has 0 saturated carbocycles. The second-order valence-electron chi connectivity index (χ2n) is 6.68. The fourth-order valence-corrected chi connectivity index (χ4v) is 3.09. The van der Waals surface area contributed by atoms with Crippen molar-refractivity contribution >= 4 is 11.9 Å². The Kier molecular flexibility index (Phi) is 7.33. The molecule has 1 aliphatic rings. The lowest BCUT2D eigenvalue weighted by molar-refractivity contribution is 0.0954. The van der Waals surface area contributed by atoms with Crippen molar-refractivity contribution in [1.29, 1.82) is 0 Å². The average molecular weight is 396 g/mol. The SMILES string of the molecule is CCNC(=NCC1Cc2ccccc2O1)NCCNC(=O)c1ccc(OC)cc1. The zero-order valence-corrected chi connectivity index (χ0v) is 16.9. The highest BCUT2D eigenvalue weighted by atomic mass is 16.5. The van der Waals surface area contributed by atoms with E-state index < -0.39 is 0 Å². The number of carbonyl (C=O) groups excluding carboxylic acids is 1. The van der Waals surface area contributed by atoms with Gasteiger partial charge in [0, 0.05) is 31.6 Å². The maximum atomic E-state index is 12.2. The molecule has 2 aromatic rings. The van der Waals surface area contributed by atoms with Crippen LogP contribution in [0.5, 0.6) is 11.5 Å². The van der Waals surface area contributed by atoms with Gasteiger partial charge in [-0.25, -0.2) is 4.99 Å². The van der Waals surface area contributed by atoms with E-state index in [2.05, 4.69) is 27.0 Å². The Morgan fingerprint density at radius 2 is 1.86 bits per heavy atom. The van der Waals surface area contributed by atoms with Gasteiger partial charge in [0.25, 0.3) is 5.91 Å². The normalized spacial score (nSPS) is 15.2. The summed E-state index contributed by atoms with van der Waals surface area (Å²) in [6, 6.07) is 15.1. The molecule has 1 aliphatic heterocycles. The summed E-state index contributed by atoms with van der Waals surface area (Å²) < 4.78 is 11.0. The molecule has 29 heavy (non-hydrogen) atoms. The molecule has 0 spiro atoms. The number of para-hydroxylation sites is 1. The van der Waals surface area contributed by atoms with Crippen molar-refractivity contribution in [2.75, 3.05) is 33.3 Å². The smallest absolute Gasteiger partial charge is 0.251 e. The Morgan fingerprint density at radius 1 is 1.10 bits per heavy atom. The highest BCUT2D eigenvalue weighted by Crippen LogP contribution is 2.28. The molecular formula is C22H28N4O3. The lowest BCUT2D eigenvalue weighted by Gasteiger charge is -2.13. The van der Waals surface area contributed by atoms with Crippen LogP contribution in [0.1, 0.15) is 22.8 Å². The molecule has 2 aromatic carbocycles. The number of hydrogen-bond acceptors (Lipinski definition) is 4. The third kappa shape index (κ3) is 5.88. The van der Waals surface area contributed by atoms with Crippen molar-refractivity contribution in [2.45, 2.75) is 19.4 Å². The number of amides is 1. The number of fused-ring (bicyclic) bond motifs is 1. The van der Waals surface area contributed by atoms with E-state index in [1.807, 2.05) is 25.1 Å². The highest BCUT2D eigenvalue weighted by molar-refractivity contribution is 5.94. The van der Waals surface area contributed by atoms with Gasteiger partial charge in [-0.2, -0.15) is 0 Å². The zero-order valence-electron chi connectivity index (χ0n) is 16.9. The topological polar surface area (TPSA) is 84.0 Å². The van der Waals surface area contributed by atoms with Crippen LogP contribution in [0.3, 0.4) is 0 Å². The number of ether oxygens (including phenoxy) is 2. The Morgan fingerprint density at radius 3 is 2.59 bits per heavy atom. The summed E-state index contributed by atoms with van der Waals surface area (Å²) in [6.45, 7) is 4.41. The van der Waals surface area contributed by atoms with E-state index in [1.165, 1.54) is 5.56 Å². The Hall–Kier alpha value is -3.22. The summed E-state index contributed by atoms with van der Waals surface area (Å²) in [4.78, 5) is 16.8. The van der Waals surface area contributed by atoms with Crippen molar-refractivity contribution in [3.05, 3.63) is 59.7 Å². The first-order chi connectivity index (χ1) is 14.2. The highest BCUT2D eigenvalue weighted by Gasteiger charge is 2.21. The van der Waals surface area contributed by atoms with Crippen LogP contribution in [0.25, 0.3) is 0 Å². The van der Waals surface area contributed by atoms with Crippen molar-refractivity contribution < 1.29 is 14.3 Å². The van der Waals surface area contributed by atoms with Crippen LogP contribution in [-0.2, 0) is 6.42 Å². The van der Waals surface area contributed by atoms with Crippen LogP contribution in [-0.4, -0.2) is 51.3 Å². The van der Waals surface area contributed by atoms with E-state index in [0.29, 0.717) is 31.2 Å². The number of hydrogen-bond donors (Lipinski definition) is 3. The molecule has 3 rings (SSSR count). The molecule has 154 valence electrons. The molecule has 0 fully saturated rings. The van der Waals surface area contributed by atoms with E-state index in [4.69, 9.17) is 9.47 Å². The van der Waals surface area contributed by atoms with Gasteiger partial charge in [-0.15, -0.1) is 0 Å². The molecular weight excluding hydrogens is 368 g/mol. The van der Waals surface area contributed by atoms with E-state index >= 15 is 0 Å². The van der Waals surface area contributed by atoms with Gasteiger partial charge in [-0.3, -0.25) is 4.79 Å². The fraction of sp³-hybridized carbons (Fsp3) is 0.364. The van der Waals surface area contributed by atoms with Gasteiger partial charge >= 0.3 is 0 Å².